The molecule has 0 saturated carbocycles. The molecule has 150 valence electrons. The summed E-state index contributed by atoms with van der Waals surface area (Å²) in [6, 6.07) is 19.7. The molecular weight excluding hydrogens is 364 g/mol. The van der Waals surface area contributed by atoms with E-state index in [4.69, 9.17) is 4.42 Å². The Morgan fingerprint density at radius 2 is 1.62 bits per heavy atom. The number of aromatic nitrogens is 2. The largest absolute Gasteiger partial charge is 0.405 e. The highest BCUT2D eigenvalue weighted by Gasteiger charge is 2.28. The number of benzene rings is 2. The molecule has 1 N–H and O–H groups in total. The molecule has 0 radical (unpaired) electrons. The third kappa shape index (κ3) is 4.31. The van der Waals surface area contributed by atoms with Crippen LogP contribution in [0.25, 0.3) is 0 Å². The normalized spacial score (nSPS) is 15.8. The van der Waals surface area contributed by atoms with Gasteiger partial charge in [0.05, 0.1) is 5.92 Å². The van der Waals surface area contributed by atoms with E-state index in [1.54, 1.807) is 0 Å². The van der Waals surface area contributed by atoms with Gasteiger partial charge in [-0.15, -0.1) is 5.10 Å². The van der Waals surface area contributed by atoms with Crippen molar-refractivity contribution in [3.8, 4) is 0 Å². The van der Waals surface area contributed by atoms with E-state index in [0.29, 0.717) is 18.3 Å². The van der Waals surface area contributed by atoms with Crippen LogP contribution in [0.1, 0.15) is 55.2 Å². The third-order valence-electron chi connectivity index (χ3n) is 5.40. The highest BCUT2D eigenvalue weighted by Crippen LogP contribution is 2.27. The Morgan fingerprint density at radius 3 is 2.24 bits per heavy atom. The van der Waals surface area contributed by atoms with Crippen LogP contribution in [-0.4, -0.2) is 29.2 Å². The van der Waals surface area contributed by atoms with E-state index in [-0.39, 0.29) is 11.8 Å². The van der Waals surface area contributed by atoms with Crippen LogP contribution in [0.4, 0.5) is 6.01 Å². The maximum atomic E-state index is 13.2. The number of nitrogens with zero attached hydrogens (tertiary/aromatic N) is 3. The Labute approximate surface area is 170 Å². The van der Waals surface area contributed by atoms with Crippen LogP contribution in [0.3, 0.4) is 0 Å². The molecule has 1 aromatic heterocycles. The molecular formula is C23H26N4O2. The van der Waals surface area contributed by atoms with Crippen LogP contribution in [0.15, 0.2) is 65.1 Å². The fraction of sp³-hybridized carbons (Fsp3) is 0.348. The van der Waals surface area contributed by atoms with E-state index in [2.05, 4.69) is 20.4 Å². The molecule has 1 saturated heterocycles. The smallest absolute Gasteiger partial charge is 0.318 e. The number of hydrogen-bond donors (Lipinski definition) is 1. The summed E-state index contributed by atoms with van der Waals surface area (Å²) in [7, 11) is 0. The van der Waals surface area contributed by atoms with Gasteiger partial charge in [0.25, 0.3) is 0 Å². The molecule has 2 heterocycles. The van der Waals surface area contributed by atoms with Gasteiger partial charge in [0.2, 0.25) is 11.8 Å². The minimum absolute atomic E-state index is 0.0477. The van der Waals surface area contributed by atoms with Gasteiger partial charge < -0.3 is 14.6 Å². The molecule has 0 aliphatic carbocycles. The first-order valence-corrected chi connectivity index (χ1v) is 10.2. The summed E-state index contributed by atoms with van der Waals surface area (Å²) in [5, 5.41) is 11.7. The summed E-state index contributed by atoms with van der Waals surface area (Å²) in [5.74, 6) is 0.131. The average molecular weight is 390 g/mol. The van der Waals surface area contributed by atoms with Crippen molar-refractivity contribution in [3.05, 3.63) is 77.7 Å². The summed E-state index contributed by atoms with van der Waals surface area (Å²) in [6.45, 7) is 3.87. The minimum atomic E-state index is -0.481. The first kappa shape index (κ1) is 19.2. The lowest BCUT2D eigenvalue weighted by Gasteiger charge is -2.21. The Kier molecular flexibility index (Phi) is 5.89. The van der Waals surface area contributed by atoms with Crippen LogP contribution in [0, 0.1) is 0 Å². The van der Waals surface area contributed by atoms with Crippen LogP contribution in [0.5, 0.6) is 0 Å². The molecule has 0 unspecified atom stereocenters. The van der Waals surface area contributed by atoms with E-state index < -0.39 is 6.04 Å². The molecule has 6 nitrogen and oxygen atoms in total. The maximum Gasteiger partial charge on any atom is 0.318 e. The number of carbonyl (C=O) groups is 1. The zero-order chi connectivity index (χ0) is 20.1. The van der Waals surface area contributed by atoms with Crippen LogP contribution >= 0.6 is 0 Å². The monoisotopic (exact) mass is 390 g/mol. The molecule has 1 fully saturated rings. The summed E-state index contributed by atoms with van der Waals surface area (Å²) in [4.78, 5) is 15.3. The van der Waals surface area contributed by atoms with Gasteiger partial charge in [-0.05, 0) is 30.4 Å². The molecule has 3 aromatic rings. The van der Waals surface area contributed by atoms with Gasteiger partial charge in [0.1, 0.15) is 6.04 Å². The van der Waals surface area contributed by atoms with E-state index in [1.165, 1.54) is 0 Å². The van der Waals surface area contributed by atoms with E-state index in [9.17, 15) is 4.79 Å². The summed E-state index contributed by atoms with van der Waals surface area (Å²) in [6.07, 6.45) is 2.97. The number of rotatable bonds is 7. The Balaban J connectivity index is 1.60. The van der Waals surface area contributed by atoms with Crippen molar-refractivity contribution in [1.82, 2.24) is 15.5 Å². The van der Waals surface area contributed by atoms with Gasteiger partial charge in [-0.25, -0.2) is 0 Å². The standard InChI is InChI=1S/C23H26N4O2/c1-2-19(17-11-5-3-6-12-17)21(28)24-20(18-13-7-4-8-14-18)22-25-26-23(29-22)27-15-9-10-16-27/h3-8,11-14,19-20H,2,9-10,15-16H2,1H3,(H,24,28)/t19-,20+/m0/s1. The number of carbonyl (C=O) groups excluding carboxylic acids is 1. The lowest BCUT2D eigenvalue weighted by atomic mass is 9.95. The Morgan fingerprint density at radius 1 is 1.00 bits per heavy atom. The van der Waals surface area contributed by atoms with Crippen molar-refractivity contribution in [2.75, 3.05) is 18.0 Å². The lowest BCUT2D eigenvalue weighted by Crippen LogP contribution is -2.33. The number of amides is 1. The van der Waals surface area contributed by atoms with Crippen molar-refractivity contribution >= 4 is 11.9 Å². The lowest BCUT2D eigenvalue weighted by molar-refractivity contribution is -0.123. The van der Waals surface area contributed by atoms with Crippen LogP contribution in [-0.2, 0) is 4.79 Å². The first-order chi connectivity index (χ1) is 14.3. The average Bonchev–Trinajstić information content (AvgIpc) is 3.46. The Bertz CT molecular complexity index is 920. The summed E-state index contributed by atoms with van der Waals surface area (Å²) >= 11 is 0. The molecule has 2 aromatic carbocycles. The molecule has 6 heteroatoms. The number of nitrogens with one attached hydrogen (secondary N) is 1. The zero-order valence-electron chi connectivity index (χ0n) is 16.6. The van der Waals surface area contributed by atoms with Gasteiger partial charge in [-0.3, -0.25) is 4.79 Å². The van der Waals surface area contributed by atoms with Crippen molar-refractivity contribution < 1.29 is 9.21 Å². The molecule has 1 amide bonds. The van der Waals surface area contributed by atoms with Crippen molar-refractivity contribution in [1.29, 1.82) is 0 Å². The first-order valence-electron chi connectivity index (χ1n) is 10.2. The van der Waals surface area contributed by atoms with Crippen molar-refractivity contribution in [3.63, 3.8) is 0 Å². The van der Waals surface area contributed by atoms with Crippen molar-refractivity contribution in [2.24, 2.45) is 0 Å². The fourth-order valence-electron chi connectivity index (χ4n) is 3.81. The molecule has 1 aliphatic heterocycles. The minimum Gasteiger partial charge on any atom is -0.405 e. The molecule has 4 rings (SSSR count). The van der Waals surface area contributed by atoms with Crippen LogP contribution in [0.2, 0.25) is 0 Å². The number of hydrogen-bond acceptors (Lipinski definition) is 5. The second-order valence-electron chi connectivity index (χ2n) is 7.34. The second kappa shape index (κ2) is 8.90. The van der Waals surface area contributed by atoms with Gasteiger partial charge in [-0.2, -0.15) is 0 Å². The molecule has 2 atom stereocenters. The summed E-state index contributed by atoms with van der Waals surface area (Å²) in [5.41, 5.74) is 1.92. The van der Waals surface area contributed by atoms with Crippen molar-refractivity contribution in [2.45, 2.75) is 38.1 Å². The predicted octanol–water partition coefficient (Wildman–Crippen LogP) is 4.07. The van der Waals surface area contributed by atoms with E-state index in [0.717, 1.165) is 37.1 Å². The fourth-order valence-corrected chi connectivity index (χ4v) is 3.81. The highest BCUT2D eigenvalue weighted by molar-refractivity contribution is 5.84. The third-order valence-corrected chi connectivity index (χ3v) is 5.40. The molecule has 29 heavy (non-hydrogen) atoms. The second-order valence-corrected chi connectivity index (χ2v) is 7.34. The van der Waals surface area contributed by atoms with Crippen LogP contribution < -0.4 is 10.2 Å². The highest BCUT2D eigenvalue weighted by atomic mass is 16.4. The predicted molar refractivity (Wildman–Crippen MR) is 112 cm³/mol. The van der Waals surface area contributed by atoms with Gasteiger partial charge in [0.15, 0.2) is 0 Å². The Hall–Kier alpha value is -3.15. The molecule has 0 spiro atoms. The maximum absolute atomic E-state index is 13.2. The number of anilines is 1. The zero-order valence-corrected chi connectivity index (χ0v) is 16.6. The summed E-state index contributed by atoms with van der Waals surface area (Å²) < 4.78 is 5.99. The van der Waals surface area contributed by atoms with Gasteiger partial charge in [-0.1, -0.05) is 72.7 Å². The van der Waals surface area contributed by atoms with E-state index in [1.807, 2.05) is 67.6 Å². The van der Waals surface area contributed by atoms with Gasteiger partial charge >= 0.3 is 6.01 Å². The quantitative estimate of drug-likeness (QED) is 0.658. The topological polar surface area (TPSA) is 71.3 Å². The van der Waals surface area contributed by atoms with E-state index >= 15 is 0 Å². The molecule has 0 bridgehead atoms. The molecule has 1 aliphatic rings. The SMILES string of the molecule is CC[C@H](C(=O)N[C@H](c1ccccc1)c1nnc(N2CCCC2)o1)c1ccccc1. The van der Waals surface area contributed by atoms with Gasteiger partial charge in [0, 0.05) is 13.1 Å².